The van der Waals surface area contributed by atoms with Crippen LogP contribution in [0.15, 0.2) is 12.2 Å². The van der Waals surface area contributed by atoms with Gasteiger partial charge in [0.15, 0.2) is 0 Å². The summed E-state index contributed by atoms with van der Waals surface area (Å²) in [4.78, 5) is 0. The van der Waals surface area contributed by atoms with E-state index < -0.39 is 12.1 Å². The molecule has 70 valence electrons. The zero-order valence-corrected chi connectivity index (χ0v) is 7.06. The number of rotatable bonds is 1. The summed E-state index contributed by atoms with van der Waals surface area (Å²) in [5.41, 5.74) is 0. The van der Waals surface area contributed by atoms with E-state index in [9.17, 15) is 13.2 Å². The fourth-order valence-electron chi connectivity index (χ4n) is 1.55. The molecule has 0 aromatic carbocycles. The molecular formula is C9H13F3. The Balaban J connectivity index is 2.56. The van der Waals surface area contributed by atoms with Gasteiger partial charge in [-0.15, -0.1) is 0 Å². The Hall–Kier alpha value is -0.470. The van der Waals surface area contributed by atoms with E-state index in [1.807, 2.05) is 13.0 Å². The average molecular weight is 178 g/mol. The van der Waals surface area contributed by atoms with Gasteiger partial charge in [0.25, 0.3) is 0 Å². The Bertz CT molecular complexity index is 169. The molecule has 3 heteroatoms. The lowest BCUT2D eigenvalue weighted by Crippen LogP contribution is -2.26. The molecule has 0 saturated carbocycles. The quantitative estimate of drug-likeness (QED) is 0.539. The van der Waals surface area contributed by atoms with Gasteiger partial charge in [-0.3, -0.25) is 0 Å². The van der Waals surface area contributed by atoms with Gasteiger partial charge in [-0.05, 0) is 25.2 Å². The SMILES string of the molecule is CC[C@@H]1C=CCC(C(F)(F)F)C1. The summed E-state index contributed by atoms with van der Waals surface area (Å²) in [5.74, 6) is -0.974. The predicted octanol–water partition coefficient (Wildman–Crippen LogP) is 3.54. The second-order valence-corrected chi connectivity index (χ2v) is 3.31. The van der Waals surface area contributed by atoms with Crippen LogP contribution in [-0.2, 0) is 0 Å². The third-order valence-electron chi connectivity index (χ3n) is 2.40. The van der Waals surface area contributed by atoms with Crippen LogP contribution in [0.1, 0.15) is 26.2 Å². The van der Waals surface area contributed by atoms with E-state index in [0.29, 0.717) is 0 Å². The molecule has 0 nitrogen and oxygen atoms in total. The Morgan fingerprint density at radius 1 is 1.42 bits per heavy atom. The maximum atomic E-state index is 12.2. The third-order valence-corrected chi connectivity index (χ3v) is 2.40. The molecule has 12 heavy (non-hydrogen) atoms. The highest BCUT2D eigenvalue weighted by molar-refractivity contribution is 4.97. The minimum atomic E-state index is -4.00. The monoisotopic (exact) mass is 178 g/mol. The smallest absolute Gasteiger partial charge is 0.171 e. The maximum absolute atomic E-state index is 12.2. The minimum absolute atomic E-state index is 0.130. The molecule has 0 radical (unpaired) electrons. The second kappa shape index (κ2) is 3.50. The topological polar surface area (TPSA) is 0 Å². The van der Waals surface area contributed by atoms with E-state index in [2.05, 4.69) is 0 Å². The van der Waals surface area contributed by atoms with Crippen molar-refractivity contribution in [3.05, 3.63) is 12.2 Å². The standard InChI is InChI=1S/C9H13F3/c1-2-7-4-3-5-8(6-7)9(10,11)12/h3-4,7-8H,2,5-6H2,1H3/t7-,8?/m1/s1. The molecule has 2 atom stereocenters. The van der Waals surface area contributed by atoms with Crippen molar-refractivity contribution in [3.63, 3.8) is 0 Å². The summed E-state index contributed by atoms with van der Waals surface area (Å²) < 4.78 is 36.7. The molecule has 1 rings (SSSR count). The zero-order valence-electron chi connectivity index (χ0n) is 7.06. The molecular weight excluding hydrogens is 165 g/mol. The summed E-state index contributed by atoms with van der Waals surface area (Å²) in [6, 6.07) is 0. The molecule has 0 fully saturated rings. The van der Waals surface area contributed by atoms with Crippen molar-refractivity contribution >= 4 is 0 Å². The molecule has 0 saturated heterocycles. The lowest BCUT2D eigenvalue weighted by molar-refractivity contribution is -0.178. The predicted molar refractivity (Wildman–Crippen MR) is 41.7 cm³/mol. The number of allylic oxidation sites excluding steroid dienone is 2. The van der Waals surface area contributed by atoms with E-state index in [4.69, 9.17) is 0 Å². The molecule has 0 aromatic heterocycles. The van der Waals surface area contributed by atoms with Crippen molar-refractivity contribution in [1.29, 1.82) is 0 Å². The first-order valence-corrected chi connectivity index (χ1v) is 4.27. The molecule has 1 unspecified atom stereocenters. The molecule has 0 aliphatic heterocycles. The van der Waals surface area contributed by atoms with Crippen molar-refractivity contribution in [3.8, 4) is 0 Å². The summed E-state index contributed by atoms with van der Waals surface area (Å²) >= 11 is 0. The van der Waals surface area contributed by atoms with Crippen LogP contribution in [0.5, 0.6) is 0 Å². The van der Waals surface area contributed by atoms with Gasteiger partial charge in [0.05, 0.1) is 5.92 Å². The molecule has 0 aromatic rings. The summed E-state index contributed by atoms with van der Waals surface area (Å²) in [6.45, 7) is 1.92. The third kappa shape index (κ3) is 2.26. The van der Waals surface area contributed by atoms with E-state index in [-0.39, 0.29) is 18.8 Å². The average Bonchev–Trinajstić information content (AvgIpc) is 2.03. The summed E-state index contributed by atoms with van der Waals surface area (Å²) in [6.07, 6.45) is 0.815. The minimum Gasteiger partial charge on any atom is -0.171 e. The van der Waals surface area contributed by atoms with E-state index in [1.54, 1.807) is 6.08 Å². The Labute approximate surface area is 70.5 Å². The zero-order chi connectivity index (χ0) is 9.19. The first-order valence-electron chi connectivity index (χ1n) is 4.27. The largest absolute Gasteiger partial charge is 0.392 e. The van der Waals surface area contributed by atoms with Crippen LogP contribution in [0.4, 0.5) is 13.2 Å². The molecule has 0 bridgehead atoms. The van der Waals surface area contributed by atoms with E-state index >= 15 is 0 Å². The van der Waals surface area contributed by atoms with Crippen LogP contribution in [0.3, 0.4) is 0 Å². The Kier molecular flexibility index (Phi) is 2.80. The van der Waals surface area contributed by atoms with Gasteiger partial charge in [0.2, 0.25) is 0 Å². The van der Waals surface area contributed by atoms with Crippen LogP contribution in [0.2, 0.25) is 0 Å². The number of alkyl halides is 3. The van der Waals surface area contributed by atoms with E-state index in [1.165, 1.54) is 0 Å². The maximum Gasteiger partial charge on any atom is 0.392 e. The highest BCUT2D eigenvalue weighted by Gasteiger charge is 2.40. The lowest BCUT2D eigenvalue weighted by atomic mass is 9.85. The van der Waals surface area contributed by atoms with Crippen LogP contribution in [0, 0.1) is 11.8 Å². The van der Waals surface area contributed by atoms with Gasteiger partial charge < -0.3 is 0 Å². The molecule has 0 amide bonds. The number of hydrogen-bond donors (Lipinski definition) is 0. The van der Waals surface area contributed by atoms with Crippen molar-refractivity contribution in [2.45, 2.75) is 32.4 Å². The Morgan fingerprint density at radius 2 is 2.08 bits per heavy atom. The molecule has 1 aliphatic rings. The highest BCUT2D eigenvalue weighted by Crippen LogP contribution is 2.37. The van der Waals surface area contributed by atoms with Crippen molar-refractivity contribution in [1.82, 2.24) is 0 Å². The summed E-state index contributed by atoms with van der Waals surface area (Å²) in [5, 5.41) is 0. The normalized spacial score (nSPS) is 30.7. The number of hydrogen-bond acceptors (Lipinski definition) is 0. The van der Waals surface area contributed by atoms with Crippen molar-refractivity contribution in [2.24, 2.45) is 11.8 Å². The lowest BCUT2D eigenvalue weighted by Gasteiger charge is -2.25. The molecule has 1 aliphatic carbocycles. The van der Waals surface area contributed by atoms with Gasteiger partial charge in [-0.2, -0.15) is 13.2 Å². The fraction of sp³-hybridized carbons (Fsp3) is 0.778. The molecule has 0 heterocycles. The van der Waals surface area contributed by atoms with Crippen molar-refractivity contribution < 1.29 is 13.2 Å². The van der Waals surface area contributed by atoms with Crippen LogP contribution in [-0.4, -0.2) is 6.18 Å². The van der Waals surface area contributed by atoms with Gasteiger partial charge in [0, 0.05) is 0 Å². The number of halogens is 3. The van der Waals surface area contributed by atoms with Gasteiger partial charge >= 0.3 is 6.18 Å². The van der Waals surface area contributed by atoms with Crippen molar-refractivity contribution in [2.75, 3.05) is 0 Å². The van der Waals surface area contributed by atoms with E-state index in [0.717, 1.165) is 6.42 Å². The first kappa shape index (κ1) is 9.62. The first-order chi connectivity index (χ1) is 5.54. The molecule has 0 spiro atoms. The van der Waals surface area contributed by atoms with Crippen LogP contribution < -0.4 is 0 Å². The highest BCUT2D eigenvalue weighted by atomic mass is 19.4. The van der Waals surface area contributed by atoms with Crippen LogP contribution in [0.25, 0.3) is 0 Å². The second-order valence-electron chi connectivity index (χ2n) is 3.31. The van der Waals surface area contributed by atoms with Gasteiger partial charge in [-0.1, -0.05) is 19.1 Å². The summed E-state index contributed by atoms with van der Waals surface area (Å²) in [7, 11) is 0. The molecule has 0 N–H and O–H groups in total. The fourth-order valence-corrected chi connectivity index (χ4v) is 1.55. The van der Waals surface area contributed by atoms with Crippen LogP contribution >= 0.6 is 0 Å². The van der Waals surface area contributed by atoms with Gasteiger partial charge in [0.1, 0.15) is 0 Å². The Morgan fingerprint density at radius 3 is 2.58 bits per heavy atom. The van der Waals surface area contributed by atoms with Gasteiger partial charge in [-0.25, -0.2) is 0 Å².